The average Bonchev–Trinajstić information content (AvgIpc) is 3.07. The van der Waals surface area contributed by atoms with Gasteiger partial charge < -0.3 is 10.1 Å². The Morgan fingerprint density at radius 1 is 1.27 bits per heavy atom. The Hall–Kier alpha value is -0.930. The molecular weight excluding hydrogens is 326 g/mol. The molecule has 0 aromatic carbocycles. The molecule has 2 rings (SSSR count). The van der Waals surface area contributed by atoms with Crippen LogP contribution >= 0.6 is 23.5 Å². The van der Waals surface area contributed by atoms with Gasteiger partial charge in [-0.15, -0.1) is 23.5 Å². The molecule has 0 saturated carbocycles. The molecular formula is C13H21N3O4S2. The Balaban J connectivity index is 1.86. The Kier molecular flexibility index (Phi) is 6.39. The molecule has 0 bridgehead atoms. The molecule has 2 fully saturated rings. The summed E-state index contributed by atoms with van der Waals surface area (Å²) >= 11 is 3.09. The van der Waals surface area contributed by atoms with Crippen molar-refractivity contribution in [3.8, 4) is 0 Å². The minimum atomic E-state index is -0.740. The molecule has 2 heterocycles. The minimum Gasteiger partial charge on any atom is -0.450 e. The van der Waals surface area contributed by atoms with E-state index in [1.54, 1.807) is 18.7 Å². The molecule has 2 saturated heterocycles. The largest absolute Gasteiger partial charge is 0.450 e. The Labute approximate surface area is 138 Å². The maximum Gasteiger partial charge on any atom is 0.413 e. The molecule has 22 heavy (non-hydrogen) atoms. The number of alkyl carbamates (subject to hydrolysis) is 1. The lowest BCUT2D eigenvalue weighted by molar-refractivity contribution is -0.125. The van der Waals surface area contributed by atoms with Gasteiger partial charge in [-0.1, -0.05) is 0 Å². The summed E-state index contributed by atoms with van der Waals surface area (Å²) in [5.74, 6) is 0.745. The van der Waals surface area contributed by atoms with Crippen LogP contribution in [-0.2, 0) is 14.3 Å². The van der Waals surface area contributed by atoms with Crippen LogP contribution in [0, 0.1) is 5.92 Å². The second kappa shape index (κ2) is 8.07. The second-order valence-corrected chi connectivity index (χ2v) is 7.57. The third-order valence-corrected chi connectivity index (χ3v) is 6.05. The quantitative estimate of drug-likeness (QED) is 0.682. The lowest BCUT2D eigenvalue weighted by Crippen LogP contribution is -2.48. The number of rotatable bonds is 4. The fourth-order valence-electron chi connectivity index (χ4n) is 2.32. The van der Waals surface area contributed by atoms with Gasteiger partial charge >= 0.3 is 6.09 Å². The molecule has 3 amide bonds. The third-order valence-electron chi connectivity index (χ3n) is 3.40. The Bertz CT molecular complexity index is 449. The van der Waals surface area contributed by atoms with Gasteiger partial charge in [0.2, 0.25) is 11.8 Å². The zero-order chi connectivity index (χ0) is 16.1. The molecule has 2 aliphatic rings. The number of hydrogen-bond donors (Lipinski definition) is 3. The van der Waals surface area contributed by atoms with Gasteiger partial charge in [-0.2, -0.15) is 0 Å². The van der Waals surface area contributed by atoms with Crippen molar-refractivity contribution in [3.63, 3.8) is 0 Å². The Morgan fingerprint density at radius 3 is 2.68 bits per heavy atom. The molecule has 4 unspecified atom stereocenters. The molecule has 9 heteroatoms. The smallest absolute Gasteiger partial charge is 0.413 e. The maximum atomic E-state index is 12.2. The molecule has 124 valence electrons. The summed E-state index contributed by atoms with van der Waals surface area (Å²) in [6.07, 6.45) is -0.112. The van der Waals surface area contributed by atoms with Gasteiger partial charge in [-0.05, 0) is 26.0 Å². The average molecular weight is 347 g/mol. The first-order valence-electron chi connectivity index (χ1n) is 7.28. The van der Waals surface area contributed by atoms with E-state index < -0.39 is 17.9 Å². The number of thioether (sulfide) groups is 2. The van der Waals surface area contributed by atoms with Crippen molar-refractivity contribution in [1.82, 2.24) is 16.0 Å². The molecule has 0 aliphatic carbocycles. The number of carbonyl (C=O) groups excluding carboxylic acids is 3. The first kappa shape index (κ1) is 17.4. The van der Waals surface area contributed by atoms with Crippen LogP contribution in [0.15, 0.2) is 0 Å². The van der Waals surface area contributed by atoms with E-state index in [1.165, 1.54) is 11.8 Å². The Morgan fingerprint density at radius 2 is 2.05 bits per heavy atom. The monoisotopic (exact) mass is 347 g/mol. The summed E-state index contributed by atoms with van der Waals surface area (Å²) in [4.78, 5) is 35.6. The predicted octanol–water partition coefficient (Wildman–Crippen LogP) is 0.506. The standard InChI is InChI=1S/C13H21N3O4S2/c1-3-20-13(19)16-9(17)8-4-5-21-11(8)15-10(18)12-14-7(2)6-22-12/h7-8,11-12,14H,3-6H2,1-2H3,(H,15,18)(H,16,17,19). The van der Waals surface area contributed by atoms with Crippen LogP contribution in [0.5, 0.6) is 0 Å². The van der Waals surface area contributed by atoms with Gasteiger partial charge in [0.05, 0.1) is 17.9 Å². The molecule has 0 aromatic rings. The molecule has 2 aliphatic heterocycles. The van der Waals surface area contributed by atoms with E-state index in [2.05, 4.69) is 16.0 Å². The summed E-state index contributed by atoms with van der Waals surface area (Å²) in [5, 5.41) is 7.73. The van der Waals surface area contributed by atoms with Crippen LogP contribution in [0.25, 0.3) is 0 Å². The molecule has 0 radical (unpaired) electrons. The van der Waals surface area contributed by atoms with Crippen LogP contribution in [0.3, 0.4) is 0 Å². The van der Waals surface area contributed by atoms with E-state index in [1.807, 2.05) is 6.92 Å². The number of hydrogen-bond acceptors (Lipinski definition) is 7. The highest BCUT2D eigenvalue weighted by Gasteiger charge is 2.37. The van der Waals surface area contributed by atoms with Crippen LogP contribution in [-0.4, -0.2) is 52.8 Å². The third kappa shape index (κ3) is 4.53. The van der Waals surface area contributed by atoms with Crippen molar-refractivity contribution in [2.75, 3.05) is 18.1 Å². The van der Waals surface area contributed by atoms with E-state index in [9.17, 15) is 14.4 Å². The van der Waals surface area contributed by atoms with Gasteiger partial charge in [0.25, 0.3) is 0 Å². The summed E-state index contributed by atoms with van der Waals surface area (Å²) < 4.78 is 4.70. The van der Waals surface area contributed by atoms with Crippen molar-refractivity contribution >= 4 is 41.4 Å². The molecule has 7 nitrogen and oxygen atoms in total. The molecule has 0 spiro atoms. The highest BCUT2D eigenvalue weighted by Crippen LogP contribution is 2.31. The van der Waals surface area contributed by atoms with Crippen molar-refractivity contribution in [1.29, 1.82) is 0 Å². The number of nitrogens with one attached hydrogen (secondary N) is 3. The fourth-order valence-corrected chi connectivity index (χ4v) is 4.78. The normalized spacial score (nSPS) is 30.8. The molecule has 4 atom stereocenters. The van der Waals surface area contributed by atoms with Crippen LogP contribution in [0.4, 0.5) is 4.79 Å². The lowest BCUT2D eigenvalue weighted by Gasteiger charge is -2.21. The highest BCUT2D eigenvalue weighted by atomic mass is 32.2. The van der Waals surface area contributed by atoms with Gasteiger partial charge in [-0.3, -0.25) is 20.2 Å². The van der Waals surface area contributed by atoms with Crippen molar-refractivity contribution in [2.45, 2.75) is 37.1 Å². The van der Waals surface area contributed by atoms with E-state index in [0.29, 0.717) is 12.5 Å². The number of imide groups is 1. The van der Waals surface area contributed by atoms with E-state index in [-0.39, 0.29) is 23.3 Å². The fraction of sp³-hybridized carbons (Fsp3) is 0.769. The number of carbonyl (C=O) groups is 3. The molecule has 0 aromatic heterocycles. The van der Waals surface area contributed by atoms with Crippen LogP contribution in [0.2, 0.25) is 0 Å². The van der Waals surface area contributed by atoms with Crippen molar-refractivity contribution in [3.05, 3.63) is 0 Å². The van der Waals surface area contributed by atoms with Crippen molar-refractivity contribution in [2.24, 2.45) is 5.92 Å². The van der Waals surface area contributed by atoms with Crippen LogP contribution < -0.4 is 16.0 Å². The lowest BCUT2D eigenvalue weighted by atomic mass is 10.1. The summed E-state index contributed by atoms with van der Waals surface area (Å²) in [5.41, 5.74) is 0. The summed E-state index contributed by atoms with van der Waals surface area (Å²) in [6.45, 7) is 3.91. The van der Waals surface area contributed by atoms with Crippen LogP contribution in [0.1, 0.15) is 20.3 Å². The van der Waals surface area contributed by atoms with E-state index >= 15 is 0 Å². The second-order valence-electron chi connectivity index (χ2n) is 5.19. The van der Waals surface area contributed by atoms with Crippen molar-refractivity contribution < 1.29 is 19.1 Å². The van der Waals surface area contributed by atoms with E-state index in [0.717, 1.165) is 11.5 Å². The highest BCUT2D eigenvalue weighted by molar-refractivity contribution is 8.01. The summed E-state index contributed by atoms with van der Waals surface area (Å²) in [7, 11) is 0. The maximum absolute atomic E-state index is 12.2. The predicted molar refractivity (Wildman–Crippen MR) is 86.5 cm³/mol. The topological polar surface area (TPSA) is 96.5 Å². The first-order chi connectivity index (χ1) is 10.5. The van der Waals surface area contributed by atoms with Gasteiger partial charge in [-0.25, -0.2) is 4.79 Å². The number of amides is 3. The SMILES string of the molecule is CCOC(=O)NC(=O)C1CCSC1NC(=O)C1NC(C)CS1. The zero-order valence-corrected chi connectivity index (χ0v) is 14.2. The first-order valence-corrected chi connectivity index (χ1v) is 9.38. The minimum absolute atomic E-state index is 0.109. The summed E-state index contributed by atoms with van der Waals surface area (Å²) in [6, 6.07) is 0.305. The molecule has 3 N–H and O–H groups in total. The van der Waals surface area contributed by atoms with E-state index in [4.69, 9.17) is 4.74 Å². The van der Waals surface area contributed by atoms with Gasteiger partial charge in [0, 0.05) is 11.8 Å². The zero-order valence-electron chi connectivity index (χ0n) is 12.6. The van der Waals surface area contributed by atoms with Gasteiger partial charge in [0.1, 0.15) is 5.37 Å². The number of ether oxygens (including phenoxy) is 1. The van der Waals surface area contributed by atoms with Gasteiger partial charge in [0.15, 0.2) is 0 Å².